The number of nitrogens with one attached hydrogen (secondary N) is 1. The molecule has 0 saturated carbocycles. The van der Waals surface area contributed by atoms with Gasteiger partial charge in [0.2, 0.25) is 0 Å². The molecule has 0 fully saturated rings. The van der Waals surface area contributed by atoms with Crippen molar-refractivity contribution in [1.29, 1.82) is 0 Å². The van der Waals surface area contributed by atoms with Crippen molar-refractivity contribution in [1.82, 2.24) is 20.2 Å². The summed E-state index contributed by atoms with van der Waals surface area (Å²) in [6.07, 6.45) is 3.31. The number of H-pyrrole nitrogens is 1. The lowest BCUT2D eigenvalue weighted by molar-refractivity contribution is 1.03. The van der Waals surface area contributed by atoms with E-state index in [1.165, 1.54) is 0 Å². The summed E-state index contributed by atoms with van der Waals surface area (Å²) in [6, 6.07) is 1.75. The molecule has 0 aliphatic carbocycles. The Balaban J connectivity index is 2.53. The molecule has 0 unspecified atom stereocenters. The van der Waals surface area contributed by atoms with Gasteiger partial charge in [0.05, 0.1) is 10.7 Å². The highest BCUT2D eigenvalue weighted by Crippen LogP contribution is 2.24. The van der Waals surface area contributed by atoms with Gasteiger partial charge in [-0.3, -0.25) is 5.10 Å². The molecule has 4 nitrogen and oxygen atoms in total. The SMILES string of the molecule is Cc1[nH]nc(-c2ncccn2)c1Cl. The van der Waals surface area contributed by atoms with Crippen molar-refractivity contribution in [3.63, 3.8) is 0 Å². The van der Waals surface area contributed by atoms with Crippen LogP contribution in [0.25, 0.3) is 11.5 Å². The fraction of sp³-hybridized carbons (Fsp3) is 0.125. The number of halogens is 1. The monoisotopic (exact) mass is 194 g/mol. The van der Waals surface area contributed by atoms with Crippen molar-refractivity contribution in [2.24, 2.45) is 0 Å². The van der Waals surface area contributed by atoms with Crippen LogP contribution in [0.3, 0.4) is 0 Å². The maximum Gasteiger partial charge on any atom is 0.181 e. The van der Waals surface area contributed by atoms with Crippen LogP contribution in [0.2, 0.25) is 5.02 Å². The fourth-order valence-electron chi connectivity index (χ4n) is 0.985. The smallest absolute Gasteiger partial charge is 0.181 e. The molecule has 0 spiro atoms. The first-order chi connectivity index (χ1) is 6.29. The Bertz CT molecular complexity index is 409. The highest BCUT2D eigenvalue weighted by Gasteiger charge is 2.11. The van der Waals surface area contributed by atoms with E-state index >= 15 is 0 Å². The minimum atomic E-state index is 0.539. The van der Waals surface area contributed by atoms with E-state index in [4.69, 9.17) is 11.6 Å². The van der Waals surface area contributed by atoms with Gasteiger partial charge in [0, 0.05) is 12.4 Å². The standard InChI is InChI=1S/C8H7ClN4/c1-5-6(9)7(13-12-5)8-10-3-2-4-11-8/h2-4H,1H3,(H,12,13). The highest BCUT2D eigenvalue weighted by atomic mass is 35.5. The predicted octanol–water partition coefficient (Wildman–Crippen LogP) is 1.83. The second-order valence-corrected chi connectivity index (χ2v) is 2.96. The molecule has 0 atom stereocenters. The molecule has 5 heteroatoms. The van der Waals surface area contributed by atoms with E-state index in [1.54, 1.807) is 18.5 Å². The van der Waals surface area contributed by atoms with E-state index in [0.29, 0.717) is 16.5 Å². The average Bonchev–Trinajstić information content (AvgIpc) is 2.49. The van der Waals surface area contributed by atoms with Gasteiger partial charge in [-0.15, -0.1) is 0 Å². The Kier molecular flexibility index (Phi) is 1.98. The Morgan fingerprint density at radius 3 is 2.54 bits per heavy atom. The van der Waals surface area contributed by atoms with Crippen LogP contribution in [-0.2, 0) is 0 Å². The largest absolute Gasteiger partial charge is 0.281 e. The first kappa shape index (κ1) is 8.19. The summed E-state index contributed by atoms with van der Waals surface area (Å²) in [4.78, 5) is 8.09. The third-order valence-electron chi connectivity index (χ3n) is 1.65. The van der Waals surface area contributed by atoms with Gasteiger partial charge in [-0.25, -0.2) is 9.97 Å². The Morgan fingerprint density at radius 2 is 2.00 bits per heavy atom. The third-order valence-corrected chi connectivity index (χ3v) is 2.11. The minimum absolute atomic E-state index is 0.539. The first-order valence-electron chi connectivity index (χ1n) is 3.77. The molecule has 0 bridgehead atoms. The molecule has 1 N–H and O–H groups in total. The van der Waals surface area contributed by atoms with Gasteiger partial charge in [-0.2, -0.15) is 5.10 Å². The van der Waals surface area contributed by atoms with Gasteiger partial charge in [0.25, 0.3) is 0 Å². The van der Waals surface area contributed by atoms with Crippen molar-refractivity contribution in [2.45, 2.75) is 6.92 Å². The van der Waals surface area contributed by atoms with Crippen molar-refractivity contribution < 1.29 is 0 Å². The molecule has 2 aromatic rings. The van der Waals surface area contributed by atoms with E-state index < -0.39 is 0 Å². The van der Waals surface area contributed by atoms with Crippen LogP contribution in [0.15, 0.2) is 18.5 Å². The zero-order valence-corrected chi connectivity index (χ0v) is 7.71. The number of rotatable bonds is 1. The molecule has 0 saturated heterocycles. The predicted molar refractivity (Wildman–Crippen MR) is 49.4 cm³/mol. The maximum atomic E-state index is 5.97. The van der Waals surface area contributed by atoms with Crippen molar-refractivity contribution in [2.75, 3.05) is 0 Å². The normalized spacial score (nSPS) is 10.3. The highest BCUT2D eigenvalue weighted by molar-refractivity contribution is 6.33. The van der Waals surface area contributed by atoms with Gasteiger partial charge < -0.3 is 0 Å². The molecule has 0 aliphatic rings. The second-order valence-electron chi connectivity index (χ2n) is 2.58. The number of hydrogen-bond donors (Lipinski definition) is 1. The third kappa shape index (κ3) is 1.40. The summed E-state index contributed by atoms with van der Waals surface area (Å²) in [5.74, 6) is 0.539. The molecule has 0 aliphatic heterocycles. The average molecular weight is 195 g/mol. The van der Waals surface area contributed by atoms with Crippen LogP contribution in [0.4, 0.5) is 0 Å². The molecule has 0 amide bonds. The van der Waals surface area contributed by atoms with Crippen LogP contribution in [0.1, 0.15) is 5.69 Å². The summed E-state index contributed by atoms with van der Waals surface area (Å²) in [6.45, 7) is 1.85. The van der Waals surface area contributed by atoms with Crippen LogP contribution >= 0.6 is 11.6 Å². The van der Waals surface area contributed by atoms with E-state index in [2.05, 4.69) is 20.2 Å². The molecular formula is C8H7ClN4. The second kappa shape index (κ2) is 3.14. The van der Waals surface area contributed by atoms with Gasteiger partial charge in [0.1, 0.15) is 5.69 Å². The topological polar surface area (TPSA) is 54.5 Å². The molecule has 13 heavy (non-hydrogen) atoms. The zero-order chi connectivity index (χ0) is 9.26. The van der Waals surface area contributed by atoms with Crippen molar-refractivity contribution >= 4 is 11.6 Å². The van der Waals surface area contributed by atoms with Crippen LogP contribution in [0.5, 0.6) is 0 Å². The molecule has 66 valence electrons. The Morgan fingerprint density at radius 1 is 1.31 bits per heavy atom. The van der Waals surface area contributed by atoms with Crippen LogP contribution in [-0.4, -0.2) is 20.2 Å². The van der Waals surface area contributed by atoms with Gasteiger partial charge in [0.15, 0.2) is 5.82 Å². The zero-order valence-electron chi connectivity index (χ0n) is 6.95. The van der Waals surface area contributed by atoms with E-state index in [1.807, 2.05) is 6.92 Å². The lowest BCUT2D eigenvalue weighted by Gasteiger charge is -1.93. The molecule has 0 radical (unpaired) electrons. The van der Waals surface area contributed by atoms with Crippen molar-refractivity contribution in [3.8, 4) is 11.5 Å². The van der Waals surface area contributed by atoms with Gasteiger partial charge >= 0.3 is 0 Å². The summed E-state index contributed by atoms with van der Waals surface area (Å²) >= 11 is 5.97. The molecule has 2 aromatic heterocycles. The Labute approximate surface area is 80.0 Å². The number of nitrogens with zero attached hydrogens (tertiary/aromatic N) is 3. The summed E-state index contributed by atoms with van der Waals surface area (Å²) in [5, 5.41) is 7.35. The van der Waals surface area contributed by atoms with Crippen LogP contribution < -0.4 is 0 Å². The van der Waals surface area contributed by atoms with Gasteiger partial charge in [-0.1, -0.05) is 11.6 Å². The summed E-state index contributed by atoms with van der Waals surface area (Å²) in [7, 11) is 0. The van der Waals surface area contributed by atoms with Crippen LogP contribution in [0, 0.1) is 6.92 Å². The lowest BCUT2D eigenvalue weighted by Crippen LogP contribution is -1.87. The summed E-state index contributed by atoms with van der Waals surface area (Å²) < 4.78 is 0. The number of aromatic amines is 1. The lowest BCUT2D eigenvalue weighted by atomic mass is 10.3. The first-order valence-corrected chi connectivity index (χ1v) is 4.14. The number of hydrogen-bond acceptors (Lipinski definition) is 3. The molecule has 2 rings (SSSR count). The van der Waals surface area contributed by atoms with Crippen molar-refractivity contribution in [3.05, 3.63) is 29.2 Å². The molecule has 2 heterocycles. The van der Waals surface area contributed by atoms with E-state index in [-0.39, 0.29) is 0 Å². The Hall–Kier alpha value is -1.42. The molecule has 0 aromatic carbocycles. The van der Waals surface area contributed by atoms with Gasteiger partial charge in [-0.05, 0) is 13.0 Å². The summed E-state index contributed by atoms with van der Waals surface area (Å²) in [5.41, 5.74) is 1.42. The quantitative estimate of drug-likeness (QED) is 0.754. The fourth-order valence-corrected chi connectivity index (χ4v) is 1.15. The number of aryl methyl sites for hydroxylation is 1. The number of aromatic nitrogens is 4. The van der Waals surface area contributed by atoms with E-state index in [9.17, 15) is 0 Å². The van der Waals surface area contributed by atoms with E-state index in [0.717, 1.165) is 5.69 Å². The molecular weight excluding hydrogens is 188 g/mol. The maximum absolute atomic E-state index is 5.97. The minimum Gasteiger partial charge on any atom is -0.281 e.